The number of furan rings is 1. The van der Waals surface area contributed by atoms with Crippen molar-refractivity contribution in [2.75, 3.05) is 0 Å². The molecule has 0 spiro atoms. The summed E-state index contributed by atoms with van der Waals surface area (Å²) in [5, 5.41) is 12.1. The van der Waals surface area contributed by atoms with Gasteiger partial charge in [0.05, 0.1) is 6.54 Å². The first-order valence-corrected chi connectivity index (χ1v) is 6.11. The highest BCUT2D eigenvalue weighted by molar-refractivity contribution is 5.84. The summed E-state index contributed by atoms with van der Waals surface area (Å²) < 4.78 is 5.21. The van der Waals surface area contributed by atoms with Gasteiger partial charge in [-0.15, -0.1) is 0 Å². The van der Waals surface area contributed by atoms with Crippen LogP contribution in [0.4, 0.5) is 0 Å². The molecule has 0 atom stereocenters. The van der Waals surface area contributed by atoms with E-state index in [1.807, 2.05) is 18.2 Å². The number of hydrogen-bond acceptors (Lipinski definition) is 3. The second-order valence-electron chi connectivity index (χ2n) is 4.92. The van der Waals surface area contributed by atoms with Gasteiger partial charge in [0.15, 0.2) is 0 Å². The Kier molecular flexibility index (Phi) is 3.71. The highest BCUT2D eigenvalue weighted by Gasteiger charge is 2.20. The average Bonchev–Trinajstić information content (AvgIpc) is 2.87. The topological polar surface area (TPSA) is 62.5 Å². The fourth-order valence-corrected chi connectivity index (χ4v) is 1.85. The number of carboxylic acid groups (broad SMARTS) is 1. The first kappa shape index (κ1) is 13.4. The van der Waals surface area contributed by atoms with Gasteiger partial charge >= 0.3 is 5.97 Å². The maximum Gasteiger partial charge on any atom is 0.371 e. The van der Waals surface area contributed by atoms with Crippen molar-refractivity contribution in [2.45, 2.75) is 25.9 Å². The molecule has 2 N–H and O–H groups in total. The minimum absolute atomic E-state index is 0.0330. The molecule has 0 saturated heterocycles. The van der Waals surface area contributed by atoms with E-state index in [-0.39, 0.29) is 11.3 Å². The van der Waals surface area contributed by atoms with Gasteiger partial charge < -0.3 is 14.8 Å². The number of rotatable bonds is 5. The van der Waals surface area contributed by atoms with Gasteiger partial charge in [0, 0.05) is 5.54 Å². The van der Waals surface area contributed by atoms with E-state index in [0.717, 1.165) is 0 Å². The molecule has 0 amide bonds. The fourth-order valence-electron chi connectivity index (χ4n) is 1.85. The molecule has 4 heteroatoms. The monoisotopic (exact) mass is 259 g/mol. The van der Waals surface area contributed by atoms with Crippen LogP contribution in [0.3, 0.4) is 0 Å². The average molecular weight is 259 g/mol. The molecule has 19 heavy (non-hydrogen) atoms. The van der Waals surface area contributed by atoms with Crippen LogP contribution in [-0.2, 0) is 12.1 Å². The Bertz CT molecular complexity index is 558. The maximum atomic E-state index is 10.7. The molecule has 0 unspecified atom stereocenters. The van der Waals surface area contributed by atoms with Crippen LogP contribution in [0.5, 0.6) is 0 Å². The van der Waals surface area contributed by atoms with Crippen LogP contribution in [0, 0.1) is 0 Å². The van der Waals surface area contributed by atoms with E-state index >= 15 is 0 Å². The third kappa shape index (κ3) is 3.23. The van der Waals surface area contributed by atoms with E-state index in [9.17, 15) is 4.79 Å². The minimum Gasteiger partial charge on any atom is -0.475 e. The summed E-state index contributed by atoms with van der Waals surface area (Å²) in [6.45, 7) is 4.63. The number of carbonyl (C=O) groups is 1. The molecule has 100 valence electrons. The second kappa shape index (κ2) is 5.28. The molecule has 1 heterocycles. The zero-order valence-corrected chi connectivity index (χ0v) is 11.0. The molecule has 0 aliphatic rings. The molecule has 0 radical (unpaired) electrons. The van der Waals surface area contributed by atoms with Crippen molar-refractivity contribution < 1.29 is 14.3 Å². The molecule has 0 aliphatic heterocycles. The lowest BCUT2D eigenvalue weighted by Gasteiger charge is -2.26. The van der Waals surface area contributed by atoms with Gasteiger partial charge in [-0.25, -0.2) is 4.79 Å². The zero-order chi connectivity index (χ0) is 13.9. The number of nitrogens with one attached hydrogen (secondary N) is 1. The van der Waals surface area contributed by atoms with E-state index in [4.69, 9.17) is 9.52 Å². The van der Waals surface area contributed by atoms with Gasteiger partial charge in [0.1, 0.15) is 5.76 Å². The zero-order valence-electron chi connectivity index (χ0n) is 11.0. The first-order valence-electron chi connectivity index (χ1n) is 6.11. The molecule has 1 aromatic heterocycles. The van der Waals surface area contributed by atoms with Crippen LogP contribution < -0.4 is 5.32 Å². The smallest absolute Gasteiger partial charge is 0.371 e. The van der Waals surface area contributed by atoms with E-state index in [0.29, 0.717) is 12.3 Å². The van der Waals surface area contributed by atoms with Crippen LogP contribution >= 0.6 is 0 Å². The highest BCUT2D eigenvalue weighted by Crippen LogP contribution is 2.20. The molecule has 4 nitrogen and oxygen atoms in total. The Labute approximate surface area is 112 Å². The van der Waals surface area contributed by atoms with Gasteiger partial charge in [-0.05, 0) is 31.5 Å². The largest absolute Gasteiger partial charge is 0.475 e. The van der Waals surface area contributed by atoms with Crippen molar-refractivity contribution in [2.24, 2.45) is 0 Å². The molecule has 1 aromatic carbocycles. The van der Waals surface area contributed by atoms with E-state index in [1.165, 1.54) is 11.6 Å². The molecular weight excluding hydrogens is 242 g/mol. The van der Waals surface area contributed by atoms with Crippen molar-refractivity contribution >= 4 is 5.97 Å². The Morgan fingerprint density at radius 1 is 1.21 bits per heavy atom. The summed E-state index contributed by atoms with van der Waals surface area (Å²) in [5.74, 6) is -0.468. The van der Waals surface area contributed by atoms with Crippen molar-refractivity contribution in [3.05, 3.63) is 59.5 Å². The molecule has 0 fully saturated rings. The number of aromatic carboxylic acids is 1. The third-order valence-electron chi connectivity index (χ3n) is 3.07. The van der Waals surface area contributed by atoms with E-state index in [2.05, 4.69) is 31.3 Å². The standard InChI is InChI=1S/C15H17NO3/c1-15(2,11-6-4-3-5-7-11)16-10-12-8-9-13(19-12)14(17)18/h3-9,16H,10H2,1-2H3,(H,17,18). The van der Waals surface area contributed by atoms with Gasteiger partial charge in [-0.3, -0.25) is 0 Å². The van der Waals surface area contributed by atoms with Crippen LogP contribution in [0.25, 0.3) is 0 Å². The maximum absolute atomic E-state index is 10.7. The van der Waals surface area contributed by atoms with Gasteiger partial charge in [-0.1, -0.05) is 30.3 Å². The summed E-state index contributed by atoms with van der Waals surface area (Å²) in [6.07, 6.45) is 0. The Hall–Kier alpha value is -2.07. The summed E-state index contributed by atoms with van der Waals surface area (Å²) in [6, 6.07) is 13.2. The summed E-state index contributed by atoms with van der Waals surface area (Å²) >= 11 is 0. The van der Waals surface area contributed by atoms with Gasteiger partial charge in [0.2, 0.25) is 5.76 Å². The van der Waals surface area contributed by atoms with Crippen LogP contribution in [-0.4, -0.2) is 11.1 Å². The van der Waals surface area contributed by atoms with Crippen molar-refractivity contribution in [3.8, 4) is 0 Å². The van der Waals surface area contributed by atoms with Crippen LogP contribution in [0.15, 0.2) is 46.9 Å². The van der Waals surface area contributed by atoms with E-state index < -0.39 is 5.97 Å². The Balaban J connectivity index is 2.03. The summed E-state index contributed by atoms with van der Waals surface area (Å²) in [7, 11) is 0. The minimum atomic E-state index is -1.05. The summed E-state index contributed by atoms with van der Waals surface area (Å²) in [5.41, 5.74) is 0.956. The molecule has 2 aromatic rings. The number of benzene rings is 1. The number of hydrogen-bond donors (Lipinski definition) is 2. The van der Waals surface area contributed by atoms with Crippen molar-refractivity contribution in [3.63, 3.8) is 0 Å². The molecule has 0 aliphatic carbocycles. The highest BCUT2D eigenvalue weighted by atomic mass is 16.4. The predicted octanol–water partition coefficient (Wildman–Crippen LogP) is 3.00. The first-order chi connectivity index (χ1) is 8.99. The second-order valence-corrected chi connectivity index (χ2v) is 4.92. The lowest BCUT2D eigenvalue weighted by Crippen LogP contribution is -2.35. The molecule has 2 rings (SSSR count). The van der Waals surface area contributed by atoms with Crippen molar-refractivity contribution in [1.29, 1.82) is 0 Å². The fraction of sp³-hybridized carbons (Fsp3) is 0.267. The van der Waals surface area contributed by atoms with Gasteiger partial charge in [-0.2, -0.15) is 0 Å². The van der Waals surface area contributed by atoms with Crippen molar-refractivity contribution in [1.82, 2.24) is 5.32 Å². The van der Waals surface area contributed by atoms with Crippen LogP contribution in [0.2, 0.25) is 0 Å². The molecule has 0 saturated carbocycles. The quantitative estimate of drug-likeness (QED) is 0.866. The Morgan fingerprint density at radius 3 is 2.47 bits per heavy atom. The molecular formula is C15H17NO3. The van der Waals surface area contributed by atoms with E-state index in [1.54, 1.807) is 6.07 Å². The molecule has 0 bridgehead atoms. The summed E-state index contributed by atoms with van der Waals surface area (Å²) in [4.78, 5) is 10.7. The third-order valence-corrected chi connectivity index (χ3v) is 3.07. The lowest BCUT2D eigenvalue weighted by molar-refractivity contribution is 0.0660. The normalized spacial score (nSPS) is 11.5. The van der Waals surface area contributed by atoms with Gasteiger partial charge in [0.25, 0.3) is 0 Å². The SMILES string of the molecule is CC(C)(NCc1ccc(C(=O)O)o1)c1ccccc1. The lowest BCUT2D eigenvalue weighted by atomic mass is 9.94. The number of carboxylic acids is 1. The van der Waals surface area contributed by atoms with Crippen LogP contribution in [0.1, 0.15) is 35.7 Å². The predicted molar refractivity (Wildman–Crippen MR) is 72.0 cm³/mol. The Morgan fingerprint density at radius 2 is 1.89 bits per heavy atom.